The molecule has 1 heterocycles. The molecule has 0 unspecified atom stereocenters. The third-order valence-corrected chi connectivity index (χ3v) is 7.21. The van der Waals surface area contributed by atoms with Crippen LogP contribution in [0.3, 0.4) is 0 Å². The van der Waals surface area contributed by atoms with E-state index in [4.69, 9.17) is 0 Å². The van der Waals surface area contributed by atoms with Crippen molar-refractivity contribution in [3.05, 3.63) is 51.9 Å². The number of carbonyl (C=O) groups excluding carboxylic acids is 1. The number of fused-ring (bicyclic) bond motifs is 2. The zero-order valence-corrected chi connectivity index (χ0v) is 17.7. The molecule has 2 aromatic rings. The number of rotatable bonds is 6. The first kappa shape index (κ1) is 19.4. The number of benzene rings is 1. The van der Waals surface area contributed by atoms with Crippen LogP contribution >= 0.6 is 0 Å². The lowest BCUT2D eigenvalue weighted by atomic mass is 9.99. The highest BCUT2D eigenvalue weighted by Gasteiger charge is 2.26. The average molecular weight is 427 g/mol. The minimum Gasteiger partial charge on any atom is -0.331 e. The Labute approximate surface area is 176 Å². The van der Waals surface area contributed by atoms with E-state index in [1.54, 1.807) is 6.20 Å². The largest absolute Gasteiger partial charge is 0.333 e. The Hall–Kier alpha value is -2.61. The lowest BCUT2D eigenvalue weighted by Gasteiger charge is -2.16. The number of urea groups is 1. The summed E-state index contributed by atoms with van der Waals surface area (Å²) in [5, 5.41) is 3.87. The summed E-state index contributed by atoms with van der Waals surface area (Å²) in [6.45, 7) is 0.845. The molecule has 0 radical (unpaired) electrons. The van der Waals surface area contributed by atoms with E-state index in [2.05, 4.69) is 21.1 Å². The van der Waals surface area contributed by atoms with Crippen LogP contribution in [0.4, 0.5) is 10.5 Å². The molecular weight excluding hydrogens is 400 g/mol. The lowest BCUT2D eigenvalue weighted by Crippen LogP contribution is -2.33. The van der Waals surface area contributed by atoms with Gasteiger partial charge in [0.2, 0.25) is 0 Å². The van der Waals surface area contributed by atoms with Gasteiger partial charge in [-0.05, 0) is 85.6 Å². The lowest BCUT2D eigenvalue weighted by molar-refractivity contribution is 0.256. The zero-order chi connectivity index (χ0) is 20.7. The van der Waals surface area contributed by atoms with Gasteiger partial charge < -0.3 is 9.88 Å². The predicted octanol–water partition coefficient (Wildman–Crippen LogP) is 3.39. The van der Waals surface area contributed by atoms with Crippen molar-refractivity contribution in [1.29, 1.82) is 0 Å². The fourth-order valence-electron chi connectivity index (χ4n) is 4.63. The van der Waals surface area contributed by atoms with Gasteiger partial charge in [0.05, 0.1) is 5.41 Å². The molecule has 3 aliphatic rings. The summed E-state index contributed by atoms with van der Waals surface area (Å²) in [5.74, 6) is 1.23. The van der Waals surface area contributed by atoms with Gasteiger partial charge in [-0.1, -0.05) is 6.07 Å². The number of anilines is 1. The third-order valence-electron chi connectivity index (χ3n) is 6.24. The van der Waals surface area contributed by atoms with Crippen molar-refractivity contribution in [2.45, 2.75) is 57.9 Å². The van der Waals surface area contributed by atoms with E-state index < -0.39 is 16.1 Å². The standard InChI is InChI=1S/C22H26N4O3S/c27-22(24-21-18-5-1-3-16(18)13-17-4-2-6-19(17)21)25-30(28,29)12-9-20-23-10-11-26(20)14-15-7-8-15/h9-13,15H,1-8,14H2,(H2,24,25,27)/b12-9+. The zero-order valence-electron chi connectivity index (χ0n) is 16.9. The Morgan fingerprint density at radius 3 is 2.50 bits per heavy atom. The van der Waals surface area contributed by atoms with E-state index in [0.29, 0.717) is 11.7 Å². The maximum Gasteiger partial charge on any atom is 0.333 e. The molecule has 1 fully saturated rings. The summed E-state index contributed by atoms with van der Waals surface area (Å²) in [4.78, 5) is 16.8. The van der Waals surface area contributed by atoms with Crippen LogP contribution in [0.25, 0.3) is 6.08 Å². The van der Waals surface area contributed by atoms with Crippen molar-refractivity contribution in [2.24, 2.45) is 5.92 Å². The van der Waals surface area contributed by atoms with Crippen molar-refractivity contribution in [1.82, 2.24) is 14.3 Å². The predicted molar refractivity (Wildman–Crippen MR) is 116 cm³/mol. The summed E-state index contributed by atoms with van der Waals surface area (Å²) in [6.07, 6.45) is 13.4. The molecule has 1 aromatic heterocycles. The Morgan fingerprint density at radius 2 is 1.83 bits per heavy atom. The minimum absolute atomic E-state index is 0.575. The van der Waals surface area contributed by atoms with Gasteiger partial charge in [0, 0.05) is 24.6 Å². The molecule has 2 N–H and O–H groups in total. The number of nitrogens with one attached hydrogen (secondary N) is 2. The fourth-order valence-corrected chi connectivity index (χ4v) is 5.31. The van der Waals surface area contributed by atoms with Gasteiger partial charge in [-0.25, -0.2) is 22.9 Å². The fraction of sp³-hybridized carbons (Fsp3) is 0.455. The first-order valence-electron chi connectivity index (χ1n) is 10.7. The molecule has 0 aliphatic heterocycles. The second-order valence-corrected chi connectivity index (χ2v) is 10.1. The van der Waals surface area contributed by atoms with Crippen LogP contribution in [-0.4, -0.2) is 24.0 Å². The minimum atomic E-state index is -3.93. The number of amides is 2. The maximum absolute atomic E-state index is 12.6. The number of hydrogen-bond acceptors (Lipinski definition) is 4. The molecule has 1 aromatic carbocycles. The number of aryl methyl sites for hydroxylation is 2. The molecule has 30 heavy (non-hydrogen) atoms. The Morgan fingerprint density at radius 1 is 1.13 bits per heavy atom. The second kappa shape index (κ2) is 7.58. The number of carbonyl (C=O) groups is 1. The summed E-state index contributed by atoms with van der Waals surface area (Å²) >= 11 is 0. The first-order chi connectivity index (χ1) is 14.5. The molecule has 0 spiro atoms. The highest BCUT2D eigenvalue weighted by atomic mass is 32.2. The molecule has 8 heteroatoms. The van der Waals surface area contributed by atoms with Crippen molar-refractivity contribution >= 4 is 27.8 Å². The molecule has 7 nitrogen and oxygen atoms in total. The number of aromatic nitrogens is 2. The van der Waals surface area contributed by atoms with Gasteiger partial charge >= 0.3 is 6.03 Å². The van der Waals surface area contributed by atoms with Gasteiger partial charge in [0.15, 0.2) is 0 Å². The van der Waals surface area contributed by atoms with Crippen molar-refractivity contribution < 1.29 is 13.2 Å². The summed E-state index contributed by atoms with van der Waals surface area (Å²) < 4.78 is 29.0. The molecule has 2 amide bonds. The van der Waals surface area contributed by atoms with Crippen LogP contribution in [0, 0.1) is 5.92 Å². The van der Waals surface area contributed by atoms with Gasteiger partial charge in [0.1, 0.15) is 5.82 Å². The van der Waals surface area contributed by atoms with Gasteiger partial charge in [-0.15, -0.1) is 0 Å². The number of imidazole rings is 1. The summed E-state index contributed by atoms with van der Waals surface area (Å²) in [6, 6.07) is 1.56. The van der Waals surface area contributed by atoms with E-state index in [9.17, 15) is 13.2 Å². The monoisotopic (exact) mass is 426 g/mol. The number of hydrogen-bond donors (Lipinski definition) is 2. The number of nitrogens with zero attached hydrogens (tertiary/aromatic N) is 2. The molecule has 3 aliphatic carbocycles. The van der Waals surface area contributed by atoms with Crippen LogP contribution in [0.1, 0.15) is 53.8 Å². The van der Waals surface area contributed by atoms with E-state index in [0.717, 1.165) is 56.2 Å². The molecule has 0 saturated heterocycles. The topological polar surface area (TPSA) is 93.1 Å². The maximum atomic E-state index is 12.6. The van der Waals surface area contributed by atoms with Crippen LogP contribution in [0.15, 0.2) is 23.9 Å². The Kier molecular flexibility index (Phi) is 4.89. The molecule has 0 atom stereocenters. The van der Waals surface area contributed by atoms with E-state index in [1.165, 1.54) is 41.2 Å². The molecule has 1 saturated carbocycles. The van der Waals surface area contributed by atoms with Crippen LogP contribution in [-0.2, 0) is 42.3 Å². The molecule has 0 bridgehead atoms. The summed E-state index contributed by atoms with van der Waals surface area (Å²) in [5.41, 5.74) is 5.74. The van der Waals surface area contributed by atoms with E-state index in [-0.39, 0.29) is 0 Å². The number of sulfonamides is 1. The quantitative estimate of drug-likeness (QED) is 0.740. The van der Waals surface area contributed by atoms with Crippen LogP contribution in [0.2, 0.25) is 0 Å². The van der Waals surface area contributed by atoms with Crippen molar-refractivity contribution in [2.75, 3.05) is 5.32 Å². The van der Waals surface area contributed by atoms with Gasteiger partial charge in [0.25, 0.3) is 10.0 Å². The van der Waals surface area contributed by atoms with Crippen LogP contribution < -0.4 is 10.0 Å². The molecule has 158 valence electrons. The van der Waals surface area contributed by atoms with Crippen molar-refractivity contribution in [3.63, 3.8) is 0 Å². The van der Waals surface area contributed by atoms with Crippen LogP contribution in [0.5, 0.6) is 0 Å². The van der Waals surface area contributed by atoms with E-state index >= 15 is 0 Å². The molecular formula is C22H26N4O3S. The normalized spacial score (nSPS) is 17.9. The van der Waals surface area contributed by atoms with Gasteiger partial charge in [-0.2, -0.15) is 0 Å². The highest BCUT2D eigenvalue weighted by molar-refractivity contribution is 7.93. The molecule has 5 rings (SSSR count). The Balaban J connectivity index is 1.30. The second-order valence-electron chi connectivity index (χ2n) is 8.52. The first-order valence-corrected chi connectivity index (χ1v) is 12.2. The highest BCUT2D eigenvalue weighted by Crippen LogP contribution is 2.38. The summed E-state index contributed by atoms with van der Waals surface area (Å²) in [7, 11) is -3.93. The van der Waals surface area contributed by atoms with E-state index in [1.807, 2.05) is 10.8 Å². The van der Waals surface area contributed by atoms with Crippen molar-refractivity contribution in [3.8, 4) is 0 Å². The van der Waals surface area contributed by atoms with Gasteiger partial charge in [-0.3, -0.25) is 0 Å². The SMILES string of the molecule is O=C(Nc1c2c(cc3c1CCC3)CCC2)NS(=O)(=O)/C=C/c1nccn1CC1CC1. The average Bonchev–Trinajstić information content (AvgIpc) is 3.09. The smallest absolute Gasteiger partial charge is 0.331 e. The Bertz CT molecular complexity index is 1100. The third kappa shape index (κ3) is 4.01.